The van der Waals surface area contributed by atoms with E-state index in [1.54, 1.807) is 19.1 Å². The lowest BCUT2D eigenvalue weighted by atomic mass is 10.2. The molecule has 0 bridgehead atoms. The van der Waals surface area contributed by atoms with Crippen LogP contribution in [0.2, 0.25) is 0 Å². The number of amides is 1. The van der Waals surface area contributed by atoms with Crippen LogP contribution in [0.4, 0.5) is 5.69 Å². The van der Waals surface area contributed by atoms with Gasteiger partial charge in [-0.05, 0) is 37.6 Å². The smallest absolute Gasteiger partial charge is 0.251 e. The second-order valence-corrected chi connectivity index (χ2v) is 4.41. The number of nitrogens with one attached hydrogen (secondary N) is 2. The van der Waals surface area contributed by atoms with Crippen LogP contribution in [0.15, 0.2) is 24.3 Å². The third kappa shape index (κ3) is 4.75. The Labute approximate surface area is 108 Å². The number of aliphatic hydroxyl groups is 1. The molecule has 0 aliphatic carbocycles. The van der Waals surface area contributed by atoms with Crippen molar-refractivity contribution in [2.75, 3.05) is 18.5 Å². The quantitative estimate of drug-likeness (QED) is 0.649. The number of anilines is 1. The van der Waals surface area contributed by atoms with Crippen molar-refractivity contribution in [1.29, 1.82) is 0 Å². The van der Waals surface area contributed by atoms with E-state index in [1.807, 2.05) is 12.1 Å². The average Bonchev–Trinajstić information content (AvgIpc) is 2.39. The van der Waals surface area contributed by atoms with Crippen LogP contribution in [0.5, 0.6) is 0 Å². The maximum atomic E-state index is 11.7. The van der Waals surface area contributed by atoms with E-state index in [2.05, 4.69) is 17.6 Å². The highest BCUT2D eigenvalue weighted by Gasteiger charge is 2.08. The highest BCUT2D eigenvalue weighted by atomic mass is 16.3. The van der Waals surface area contributed by atoms with Gasteiger partial charge in [0.25, 0.3) is 5.91 Å². The summed E-state index contributed by atoms with van der Waals surface area (Å²) in [5.41, 5.74) is 1.63. The standard InChI is InChI=1S/C14H22N2O2/c1-3-4-9-15-13-7-5-12(6-8-13)14(18)16-11(2)10-17/h5-8,11,15,17H,3-4,9-10H2,1-2H3,(H,16,18). The fourth-order valence-electron chi connectivity index (χ4n) is 1.50. The first-order chi connectivity index (χ1) is 8.67. The van der Waals surface area contributed by atoms with Crippen LogP contribution in [-0.2, 0) is 0 Å². The molecular weight excluding hydrogens is 228 g/mol. The van der Waals surface area contributed by atoms with Crippen molar-refractivity contribution in [3.63, 3.8) is 0 Å². The lowest BCUT2D eigenvalue weighted by Gasteiger charge is -2.11. The number of unbranched alkanes of at least 4 members (excludes halogenated alkanes) is 1. The molecule has 1 unspecified atom stereocenters. The molecule has 0 saturated heterocycles. The van der Waals surface area contributed by atoms with E-state index in [-0.39, 0.29) is 18.6 Å². The van der Waals surface area contributed by atoms with Crippen molar-refractivity contribution in [2.45, 2.75) is 32.7 Å². The van der Waals surface area contributed by atoms with Crippen LogP contribution < -0.4 is 10.6 Å². The summed E-state index contributed by atoms with van der Waals surface area (Å²) in [6.07, 6.45) is 2.29. The van der Waals surface area contributed by atoms with Crippen molar-refractivity contribution >= 4 is 11.6 Å². The fourth-order valence-corrected chi connectivity index (χ4v) is 1.50. The zero-order valence-corrected chi connectivity index (χ0v) is 11.1. The van der Waals surface area contributed by atoms with E-state index in [0.29, 0.717) is 5.56 Å². The summed E-state index contributed by atoms with van der Waals surface area (Å²) < 4.78 is 0. The Morgan fingerprint density at radius 2 is 2.00 bits per heavy atom. The minimum Gasteiger partial charge on any atom is -0.394 e. The van der Waals surface area contributed by atoms with Gasteiger partial charge in [-0.1, -0.05) is 13.3 Å². The van der Waals surface area contributed by atoms with Gasteiger partial charge in [-0.25, -0.2) is 0 Å². The van der Waals surface area contributed by atoms with Gasteiger partial charge in [0.05, 0.1) is 6.61 Å². The van der Waals surface area contributed by atoms with Crippen LogP contribution in [0.3, 0.4) is 0 Å². The van der Waals surface area contributed by atoms with Crippen molar-refractivity contribution in [3.05, 3.63) is 29.8 Å². The average molecular weight is 250 g/mol. The molecule has 0 saturated carbocycles. The first-order valence-corrected chi connectivity index (χ1v) is 6.43. The molecule has 1 amide bonds. The summed E-state index contributed by atoms with van der Waals surface area (Å²) in [7, 11) is 0. The van der Waals surface area contributed by atoms with E-state index in [1.165, 1.54) is 0 Å². The zero-order valence-electron chi connectivity index (χ0n) is 11.1. The van der Waals surface area contributed by atoms with Gasteiger partial charge in [0.2, 0.25) is 0 Å². The lowest BCUT2D eigenvalue weighted by molar-refractivity contribution is 0.0922. The molecule has 1 aromatic rings. The third-order valence-electron chi connectivity index (χ3n) is 2.66. The second-order valence-electron chi connectivity index (χ2n) is 4.41. The van der Waals surface area contributed by atoms with Crippen molar-refractivity contribution in [3.8, 4) is 0 Å². The molecule has 1 aromatic carbocycles. The van der Waals surface area contributed by atoms with Crippen molar-refractivity contribution < 1.29 is 9.90 Å². The molecular formula is C14H22N2O2. The molecule has 0 radical (unpaired) electrons. The SMILES string of the molecule is CCCCNc1ccc(C(=O)NC(C)CO)cc1. The van der Waals surface area contributed by atoms with E-state index in [4.69, 9.17) is 5.11 Å². The van der Waals surface area contributed by atoms with Crippen LogP contribution in [-0.4, -0.2) is 30.2 Å². The Bertz CT molecular complexity index is 363. The largest absolute Gasteiger partial charge is 0.394 e. The van der Waals surface area contributed by atoms with Gasteiger partial charge in [0, 0.05) is 23.8 Å². The molecule has 0 spiro atoms. The molecule has 4 heteroatoms. The molecule has 0 aromatic heterocycles. The number of hydrogen-bond acceptors (Lipinski definition) is 3. The van der Waals surface area contributed by atoms with Crippen LogP contribution in [0, 0.1) is 0 Å². The maximum absolute atomic E-state index is 11.7. The van der Waals surface area contributed by atoms with Crippen LogP contribution in [0.25, 0.3) is 0 Å². The Hall–Kier alpha value is -1.55. The number of rotatable bonds is 7. The zero-order chi connectivity index (χ0) is 13.4. The summed E-state index contributed by atoms with van der Waals surface area (Å²) in [4.78, 5) is 11.7. The maximum Gasteiger partial charge on any atom is 0.251 e. The van der Waals surface area contributed by atoms with Gasteiger partial charge in [-0.2, -0.15) is 0 Å². The molecule has 18 heavy (non-hydrogen) atoms. The predicted octanol–water partition coefficient (Wildman–Crippen LogP) is 2.01. The third-order valence-corrected chi connectivity index (χ3v) is 2.66. The van der Waals surface area contributed by atoms with Crippen molar-refractivity contribution in [2.24, 2.45) is 0 Å². The first-order valence-electron chi connectivity index (χ1n) is 6.43. The molecule has 0 aliphatic rings. The predicted molar refractivity (Wildman–Crippen MR) is 73.9 cm³/mol. The fraction of sp³-hybridized carbons (Fsp3) is 0.500. The summed E-state index contributed by atoms with van der Waals surface area (Å²) in [6.45, 7) is 4.81. The Morgan fingerprint density at radius 3 is 2.56 bits per heavy atom. The number of carbonyl (C=O) groups excluding carboxylic acids is 1. The summed E-state index contributed by atoms with van der Waals surface area (Å²) in [5, 5.41) is 14.9. The summed E-state index contributed by atoms with van der Waals surface area (Å²) in [5.74, 6) is -0.156. The van der Waals surface area contributed by atoms with Gasteiger partial charge in [-0.3, -0.25) is 4.79 Å². The van der Waals surface area contributed by atoms with E-state index in [9.17, 15) is 4.79 Å². The molecule has 100 valence electrons. The van der Waals surface area contributed by atoms with Crippen molar-refractivity contribution in [1.82, 2.24) is 5.32 Å². The molecule has 3 N–H and O–H groups in total. The number of benzene rings is 1. The Morgan fingerprint density at radius 1 is 1.33 bits per heavy atom. The molecule has 0 fully saturated rings. The van der Waals surface area contributed by atoms with E-state index >= 15 is 0 Å². The van der Waals surface area contributed by atoms with Crippen LogP contribution >= 0.6 is 0 Å². The second kappa shape index (κ2) is 7.71. The number of aliphatic hydroxyl groups excluding tert-OH is 1. The van der Waals surface area contributed by atoms with Gasteiger partial charge >= 0.3 is 0 Å². The minimum absolute atomic E-state index is 0.0532. The van der Waals surface area contributed by atoms with Crippen LogP contribution in [0.1, 0.15) is 37.0 Å². The topological polar surface area (TPSA) is 61.4 Å². The monoisotopic (exact) mass is 250 g/mol. The molecule has 1 atom stereocenters. The summed E-state index contributed by atoms with van der Waals surface area (Å²) in [6, 6.07) is 7.14. The normalized spacial score (nSPS) is 11.9. The highest BCUT2D eigenvalue weighted by molar-refractivity contribution is 5.94. The van der Waals surface area contributed by atoms with Gasteiger partial charge in [0.15, 0.2) is 0 Å². The Balaban J connectivity index is 2.51. The van der Waals surface area contributed by atoms with E-state index < -0.39 is 0 Å². The number of carbonyl (C=O) groups is 1. The van der Waals surface area contributed by atoms with E-state index in [0.717, 1.165) is 25.1 Å². The first kappa shape index (κ1) is 14.5. The highest BCUT2D eigenvalue weighted by Crippen LogP contribution is 2.09. The minimum atomic E-state index is -0.222. The van der Waals surface area contributed by atoms with Gasteiger partial charge in [-0.15, -0.1) is 0 Å². The van der Waals surface area contributed by atoms with Gasteiger partial charge in [0.1, 0.15) is 0 Å². The summed E-state index contributed by atoms with van der Waals surface area (Å²) >= 11 is 0. The van der Waals surface area contributed by atoms with Gasteiger partial charge < -0.3 is 15.7 Å². The molecule has 4 nitrogen and oxygen atoms in total. The molecule has 0 aliphatic heterocycles. The lowest BCUT2D eigenvalue weighted by Crippen LogP contribution is -2.34. The Kier molecular flexibility index (Phi) is 6.22. The molecule has 1 rings (SSSR count). The molecule has 0 heterocycles. The number of hydrogen-bond donors (Lipinski definition) is 3.